The van der Waals surface area contributed by atoms with Crippen LogP contribution in [-0.2, 0) is 4.74 Å². The molecular formula is C15H22N2OS. The number of thiocarbonyl (C=S) groups is 1. The molecule has 1 fully saturated rings. The first kappa shape index (κ1) is 14.4. The van der Waals surface area contributed by atoms with Gasteiger partial charge in [-0.15, -0.1) is 0 Å². The highest BCUT2D eigenvalue weighted by molar-refractivity contribution is 7.80. The van der Waals surface area contributed by atoms with Gasteiger partial charge in [-0.1, -0.05) is 42.5 Å². The molecule has 1 aliphatic carbocycles. The van der Waals surface area contributed by atoms with Gasteiger partial charge in [0.05, 0.1) is 11.6 Å². The van der Waals surface area contributed by atoms with E-state index in [1.54, 1.807) is 7.11 Å². The van der Waals surface area contributed by atoms with Gasteiger partial charge in [-0.2, -0.15) is 0 Å². The van der Waals surface area contributed by atoms with Crippen molar-refractivity contribution in [2.75, 3.05) is 20.3 Å². The molecule has 1 atom stereocenters. The first-order valence-electron chi connectivity index (χ1n) is 6.80. The van der Waals surface area contributed by atoms with Crippen LogP contribution >= 0.6 is 12.2 Å². The van der Waals surface area contributed by atoms with Gasteiger partial charge >= 0.3 is 0 Å². The molecule has 4 heteroatoms. The summed E-state index contributed by atoms with van der Waals surface area (Å²) in [5.41, 5.74) is 7.08. The molecule has 0 spiro atoms. The van der Waals surface area contributed by atoms with E-state index in [0.717, 1.165) is 19.6 Å². The minimum atomic E-state index is 0.279. The third-order valence-corrected chi connectivity index (χ3v) is 3.72. The van der Waals surface area contributed by atoms with Crippen LogP contribution < -0.4 is 5.73 Å². The van der Waals surface area contributed by atoms with Crippen molar-refractivity contribution < 1.29 is 4.74 Å². The molecule has 1 saturated carbocycles. The van der Waals surface area contributed by atoms with E-state index in [1.165, 1.54) is 18.4 Å². The number of nitrogens with zero attached hydrogens (tertiary/aromatic N) is 1. The Morgan fingerprint density at radius 2 is 2.11 bits per heavy atom. The van der Waals surface area contributed by atoms with E-state index in [0.29, 0.717) is 11.0 Å². The second-order valence-electron chi connectivity index (χ2n) is 5.06. The standard InChI is InChI=1S/C15H22N2OS/c1-18-10-9-17(13-7-8-13)14(11-15(16)19)12-5-3-2-4-6-12/h2-6,13-14H,7-11H2,1H3,(H2,16,19). The van der Waals surface area contributed by atoms with Gasteiger partial charge in [-0.25, -0.2) is 0 Å². The van der Waals surface area contributed by atoms with Crippen LogP contribution in [0, 0.1) is 0 Å². The smallest absolute Gasteiger partial charge is 0.0746 e. The molecule has 0 aromatic heterocycles. The minimum absolute atomic E-state index is 0.279. The minimum Gasteiger partial charge on any atom is -0.393 e. The van der Waals surface area contributed by atoms with Gasteiger partial charge in [0.2, 0.25) is 0 Å². The second kappa shape index (κ2) is 6.98. The Hall–Kier alpha value is -0.970. The highest BCUT2D eigenvalue weighted by Gasteiger charge is 2.34. The van der Waals surface area contributed by atoms with Crippen molar-refractivity contribution in [3.8, 4) is 0 Å². The molecule has 0 aliphatic heterocycles. The van der Waals surface area contributed by atoms with Crippen LogP contribution in [0.3, 0.4) is 0 Å². The maximum atomic E-state index is 5.79. The van der Waals surface area contributed by atoms with Crippen LogP contribution in [0.15, 0.2) is 30.3 Å². The lowest BCUT2D eigenvalue weighted by molar-refractivity contribution is 0.115. The monoisotopic (exact) mass is 278 g/mol. The van der Waals surface area contributed by atoms with Crippen LogP contribution in [0.25, 0.3) is 0 Å². The van der Waals surface area contributed by atoms with Gasteiger partial charge in [-0.05, 0) is 18.4 Å². The summed E-state index contributed by atoms with van der Waals surface area (Å²) in [6.45, 7) is 1.68. The molecule has 2 rings (SSSR count). The van der Waals surface area contributed by atoms with Gasteiger partial charge in [0.1, 0.15) is 0 Å². The average molecular weight is 278 g/mol. The van der Waals surface area contributed by atoms with Gasteiger partial charge in [0.15, 0.2) is 0 Å². The maximum Gasteiger partial charge on any atom is 0.0746 e. The number of rotatable bonds is 8. The topological polar surface area (TPSA) is 38.5 Å². The molecule has 1 aromatic carbocycles. The van der Waals surface area contributed by atoms with Gasteiger partial charge in [0, 0.05) is 32.2 Å². The number of methoxy groups -OCH3 is 1. The fourth-order valence-corrected chi connectivity index (χ4v) is 2.65. The Morgan fingerprint density at radius 1 is 1.42 bits per heavy atom. The van der Waals surface area contributed by atoms with Crippen LogP contribution in [0.4, 0.5) is 0 Å². The zero-order valence-electron chi connectivity index (χ0n) is 11.4. The first-order valence-corrected chi connectivity index (χ1v) is 7.21. The van der Waals surface area contributed by atoms with Crippen LogP contribution in [0.2, 0.25) is 0 Å². The van der Waals surface area contributed by atoms with E-state index < -0.39 is 0 Å². The summed E-state index contributed by atoms with van der Waals surface area (Å²) in [6.07, 6.45) is 3.27. The van der Waals surface area contributed by atoms with Crippen molar-refractivity contribution >= 4 is 17.2 Å². The summed E-state index contributed by atoms with van der Waals surface area (Å²) >= 11 is 5.13. The molecule has 1 unspecified atom stereocenters. The number of benzene rings is 1. The van der Waals surface area contributed by atoms with E-state index in [9.17, 15) is 0 Å². The van der Waals surface area contributed by atoms with Crippen molar-refractivity contribution in [3.63, 3.8) is 0 Å². The molecule has 0 heterocycles. The maximum absolute atomic E-state index is 5.79. The molecule has 1 aliphatic rings. The molecule has 2 N–H and O–H groups in total. The summed E-state index contributed by atoms with van der Waals surface area (Å²) in [7, 11) is 1.75. The third kappa shape index (κ3) is 4.27. The van der Waals surface area contributed by atoms with Crippen molar-refractivity contribution in [2.45, 2.75) is 31.3 Å². The van der Waals surface area contributed by atoms with Crippen molar-refractivity contribution in [1.29, 1.82) is 0 Å². The fraction of sp³-hybridized carbons (Fsp3) is 0.533. The molecule has 0 saturated heterocycles. The Labute approximate surface area is 120 Å². The SMILES string of the molecule is COCCN(C1CC1)C(CC(N)=S)c1ccccc1. The third-order valence-electron chi connectivity index (χ3n) is 3.55. The quantitative estimate of drug-likeness (QED) is 0.742. The molecule has 0 radical (unpaired) electrons. The van der Waals surface area contributed by atoms with Crippen molar-refractivity contribution in [1.82, 2.24) is 4.90 Å². The summed E-state index contributed by atoms with van der Waals surface area (Å²) in [5, 5.41) is 0. The summed E-state index contributed by atoms with van der Waals surface area (Å²) in [5.74, 6) is 0. The molecular weight excluding hydrogens is 256 g/mol. The highest BCUT2D eigenvalue weighted by atomic mass is 32.1. The fourth-order valence-electron chi connectivity index (χ4n) is 2.49. The van der Waals surface area contributed by atoms with Crippen LogP contribution in [-0.4, -0.2) is 36.2 Å². The Morgan fingerprint density at radius 3 is 2.63 bits per heavy atom. The molecule has 104 valence electrons. The Balaban J connectivity index is 2.16. The lowest BCUT2D eigenvalue weighted by atomic mass is 10.0. The summed E-state index contributed by atoms with van der Waals surface area (Å²) in [4.78, 5) is 3.08. The zero-order valence-corrected chi connectivity index (χ0v) is 12.2. The molecule has 19 heavy (non-hydrogen) atoms. The summed E-state index contributed by atoms with van der Waals surface area (Å²) < 4.78 is 5.24. The molecule has 3 nitrogen and oxygen atoms in total. The van der Waals surface area contributed by atoms with Crippen molar-refractivity contribution in [2.24, 2.45) is 5.73 Å². The zero-order chi connectivity index (χ0) is 13.7. The average Bonchev–Trinajstić information content (AvgIpc) is 3.23. The highest BCUT2D eigenvalue weighted by Crippen LogP contribution is 2.35. The summed E-state index contributed by atoms with van der Waals surface area (Å²) in [6, 6.07) is 11.4. The predicted octanol–water partition coefficient (Wildman–Crippen LogP) is 2.51. The predicted molar refractivity (Wildman–Crippen MR) is 82.2 cm³/mol. The second-order valence-corrected chi connectivity index (χ2v) is 5.58. The normalized spacial score (nSPS) is 16.5. The van der Waals surface area contributed by atoms with Gasteiger partial charge < -0.3 is 10.5 Å². The van der Waals surface area contributed by atoms with E-state index >= 15 is 0 Å². The first-order chi connectivity index (χ1) is 9.22. The largest absolute Gasteiger partial charge is 0.393 e. The molecule has 1 aromatic rings. The molecule has 0 amide bonds. The Kier molecular flexibility index (Phi) is 5.31. The van der Waals surface area contributed by atoms with E-state index in [1.807, 2.05) is 6.07 Å². The van der Waals surface area contributed by atoms with Gasteiger partial charge in [-0.3, -0.25) is 4.90 Å². The number of nitrogens with two attached hydrogens (primary N) is 1. The van der Waals surface area contributed by atoms with E-state index in [2.05, 4.69) is 29.2 Å². The van der Waals surface area contributed by atoms with Crippen LogP contribution in [0.5, 0.6) is 0 Å². The number of hydrogen-bond donors (Lipinski definition) is 1. The lowest BCUT2D eigenvalue weighted by Gasteiger charge is -2.32. The van der Waals surface area contributed by atoms with Crippen molar-refractivity contribution in [3.05, 3.63) is 35.9 Å². The Bertz CT molecular complexity index is 406. The number of hydrogen-bond acceptors (Lipinski definition) is 3. The van der Waals surface area contributed by atoms with Gasteiger partial charge in [0.25, 0.3) is 0 Å². The van der Waals surface area contributed by atoms with E-state index in [4.69, 9.17) is 22.7 Å². The number of ether oxygens (including phenoxy) is 1. The molecule has 0 bridgehead atoms. The van der Waals surface area contributed by atoms with Crippen LogP contribution in [0.1, 0.15) is 30.9 Å². The van der Waals surface area contributed by atoms with E-state index in [-0.39, 0.29) is 6.04 Å². The lowest BCUT2D eigenvalue weighted by Crippen LogP contribution is -2.35.